The van der Waals surface area contributed by atoms with Crippen molar-refractivity contribution < 1.29 is 9.84 Å². The number of halogens is 1. The Bertz CT molecular complexity index is 397. The van der Waals surface area contributed by atoms with E-state index in [4.69, 9.17) is 16.3 Å². The lowest BCUT2D eigenvalue weighted by molar-refractivity contribution is 0.0684. The SMILES string of the molecule is CN(CC1CCOCC1)c1ncnc(Cl)c1CO. The Morgan fingerprint density at radius 3 is 2.83 bits per heavy atom. The highest BCUT2D eigenvalue weighted by atomic mass is 35.5. The minimum atomic E-state index is -0.146. The molecule has 0 aliphatic carbocycles. The van der Waals surface area contributed by atoms with Crippen LogP contribution in [0.2, 0.25) is 5.15 Å². The summed E-state index contributed by atoms with van der Waals surface area (Å²) < 4.78 is 5.35. The van der Waals surface area contributed by atoms with Gasteiger partial charge in [0.15, 0.2) is 0 Å². The maximum Gasteiger partial charge on any atom is 0.140 e. The summed E-state index contributed by atoms with van der Waals surface area (Å²) >= 11 is 5.96. The first-order valence-corrected chi connectivity index (χ1v) is 6.49. The molecule has 1 aromatic rings. The van der Waals surface area contributed by atoms with Crippen LogP contribution in [0.1, 0.15) is 18.4 Å². The number of rotatable bonds is 4. The highest BCUT2D eigenvalue weighted by Gasteiger charge is 2.19. The molecule has 0 aromatic carbocycles. The van der Waals surface area contributed by atoms with Crippen LogP contribution in [0.4, 0.5) is 5.82 Å². The number of aromatic nitrogens is 2. The Morgan fingerprint density at radius 2 is 2.17 bits per heavy atom. The molecule has 1 aliphatic rings. The van der Waals surface area contributed by atoms with Gasteiger partial charge in [-0.15, -0.1) is 0 Å². The van der Waals surface area contributed by atoms with Crippen molar-refractivity contribution in [3.63, 3.8) is 0 Å². The fraction of sp³-hybridized carbons (Fsp3) is 0.667. The topological polar surface area (TPSA) is 58.5 Å². The molecule has 2 rings (SSSR count). The zero-order valence-electron chi connectivity index (χ0n) is 10.5. The fourth-order valence-electron chi connectivity index (χ4n) is 2.25. The molecular weight excluding hydrogens is 254 g/mol. The first kappa shape index (κ1) is 13.5. The maximum absolute atomic E-state index is 9.34. The molecule has 1 aliphatic heterocycles. The molecule has 100 valence electrons. The first-order valence-electron chi connectivity index (χ1n) is 6.11. The molecular formula is C12H18ClN3O2. The standard InChI is InChI=1S/C12H18ClN3O2/c1-16(6-9-2-4-18-5-3-9)12-10(7-17)11(13)14-8-15-12/h8-9,17H,2-7H2,1H3. The summed E-state index contributed by atoms with van der Waals surface area (Å²) in [5, 5.41) is 9.66. The zero-order chi connectivity index (χ0) is 13.0. The van der Waals surface area contributed by atoms with Crippen molar-refractivity contribution in [1.29, 1.82) is 0 Å². The van der Waals surface area contributed by atoms with E-state index in [0.29, 0.717) is 22.5 Å². The number of anilines is 1. The molecule has 0 unspecified atom stereocenters. The number of hydrogen-bond donors (Lipinski definition) is 1. The van der Waals surface area contributed by atoms with Gasteiger partial charge in [-0.3, -0.25) is 0 Å². The third-order valence-electron chi connectivity index (χ3n) is 3.26. The van der Waals surface area contributed by atoms with E-state index in [1.807, 2.05) is 11.9 Å². The van der Waals surface area contributed by atoms with Gasteiger partial charge < -0.3 is 14.7 Å². The van der Waals surface area contributed by atoms with Crippen molar-refractivity contribution in [2.45, 2.75) is 19.4 Å². The van der Waals surface area contributed by atoms with E-state index in [-0.39, 0.29) is 6.61 Å². The van der Waals surface area contributed by atoms with Crippen LogP contribution in [-0.2, 0) is 11.3 Å². The third-order valence-corrected chi connectivity index (χ3v) is 3.59. The Hall–Kier alpha value is -0.910. The van der Waals surface area contributed by atoms with Crippen molar-refractivity contribution in [3.05, 3.63) is 17.0 Å². The van der Waals surface area contributed by atoms with Gasteiger partial charge in [0.2, 0.25) is 0 Å². The van der Waals surface area contributed by atoms with Crippen molar-refractivity contribution in [1.82, 2.24) is 9.97 Å². The minimum Gasteiger partial charge on any atom is -0.391 e. The molecule has 0 bridgehead atoms. The summed E-state index contributed by atoms with van der Waals surface area (Å²) in [5.41, 5.74) is 0.591. The molecule has 1 aromatic heterocycles. The highest BCUT2D eigenvalue weighted by Crippen LogP contribution is 2.24. The largest absolute Gasteiger partial charge is 0.391 e. The van der Waals surface area contributed by atoms with Gasteiger partial charge in [0.25, 0.3) is 0 Å². The smallest absolute Gasteiger partial charge is 0.140 e. The van der Waals surface area contributed by atoms with E-state index >= 15 is 0 Å². The average Bonchev–Trinajstić information content (AvgIpc) is 2.39. The van der Waals surface area contributed by atoms with Crippen LogP contribution >= 0.6 is 11.6 Å². The van der Waals surface area contributed by atoms with Crippen LogP contribution in [0.3, 0.4) is 0 Å². The number of aliphatic hydroxyl groups is 1. The number of hydrogen-bond acceptors (Lipinski definition) is 5. The van der Waals surface area contributed by atoms with Crippen LogP contribution in [0.15, 0.2) is 6.33 Å². The Morgan fingerprint density at radius 1 is 1.44 bits per heavy atom. The minimum absolute atomic E-state index is 0.146. The van der Waals surface area contributed by atoms with Gasteiger partial charge >= 0.3 is 0 Å². The van der Waals surface area contributed by atoms with Crippen molar-refractivity contribution in [3.8, 4) is 0 Å². The quantitative estimate of drug-likeness (QED) is 0.841. The van der Waals surface area contributed by atoms with Gasteiger partial charge in [-0.2, -0.15) is 0 Å². The van der Waals surface area contributed by atoms with E-state index < -0.39 is 0 Å². The van der Waals surface area contributed by atoms with E-state index in [2.05, 4.69) is 9.97 Å². The predicted octanol–water partition coefficient (Wildman–Crippen LogP) is 1.49. The second-order valence-electron chi connectivity index (χ2n) is 4.56. The lowest BCUT2D eigenvalue weighted by Crippen LogP contribution is -2.30. The molecule has 1 saturated heterocycles. The van der Waals surface area contributed by atoms with E-state index in [0.717, 1.165) is 32.6 Å². The zero-order valence-corrected chi connectivity index (χ0v) is 11.2. The van der Waals surface area contributed by atoms with Gasteiger partial charge in [0, 0.05) is 26.8 Å². The Labute approximate surface area is 112 Å². The normalized spacial score (nSPS) is 16.8. The Kier molecular flexibility index (Phi) is 4.74. The molecule has 0 atom stereocenters. The monoisotopic (exact) mass is 271 g/mol. The van der Waals surface area contributed by atoms with Gasteiger partial charge in [0.1, 0.15) is 17.3 Å². The van der Waals surface area contributed by atoms with Crippen LogP contribution in [0.5, 0.6) is 0 Å². The Balaban J connectivity index is 2.07. The molecule has 5 nitrogen and oxygen atoms in total. The van der Waals surface area contributed by atoms with E-state index in [1.165, 1.54) is 6.33 Å². The van der Waals surface area contributed by atoms with E-state index in [1.54, 1.807) is 0 Å². The van der Waals surface area contributed by atoms with Crippen molar-refractivity contribution in [2.24, 2.45) is 5.92 Å². The van der Waals surface area contributed by atoms with Crippen LogP contribution < -0.4 is 4.90 Å². The summed E-state index contributed by atoms with van der Waals surface area (Å²) in [5.74, 6) is 1.31. The van der Waals surface area contributed by atoms with E-state index in [9.17, 15) is 5.11 Å². The highest BCUT2D eigenvalue weighted by molar-refractivity contribution is 6.30. The summed E-state index contributed by atoms with van der Waals surface area (Å²) in [7, 11) is 1.97. The van der Waals surface area contributed by atoms with Crippen molar-refractivity contribution in [2.75, 3.05) is 31.7 Å². The molecule has 0 saturated carbocycles. The molecule has 0 amide bonds. The average molecular weight is 272 g/mol. The molecule has 0 radical (unpaired) electrons. The second-order valence-corrected chi connectivity index (χ2v) is 4.92. The fourth-order valence-corrected chi connectivity index (χ4v) is 2.44. The summed E-state index contributed by atoms with van der Waals surface area (Å²) in [6, 6.07) is 0. The molecule has 2 heterocycles. The summed E-state index contributed by atoms with van der Waals surface area (Å²) in [6.45, 7) is 2.41. The van der Waals surface area contributed by atoms with Crippen LogP contribution in [0, 0.1) is 5.92 Å². The number of aliphatic hydroxyl groups excluding tert-OH is 1. The van der Waals surface area contributed by atoms with Crippen molar-refractivity contribution >= 4 is 17.4 Å². The molecule has 1 N–H and O–H groups in total. The third kappa shape index (κ3) is 3.10. The van der Waals surface area contributed by atoms with Gasteiger partial charge in [-0.25, -0.2) is 9.97 Å². The van der Waals surface area contributed by atoms with Gasteiger partial charge in [0.05, 0.1) is 12.2 Å². The number of nitrogens with zero attached hydrogens (tertiary/aromatic N) is 3. The molecule has 1 fully saturated rings. The van der Waals surface area contributed by atoms with Gasteiger partial charge in [-0.1, -0.05) is 11.6 Å². The molecule has 18 heavy (non-hydrogen) atoms. The van der Waals surface area contributed by atoms with Crippen LogP contribution in [0.25, 0.3) is 0 Å². The molecule has 6 heteroatoms. The maximum atomic E-state index is 9.34. The lowest BCUT2D eigenvalue weighted by atomic mass is 10.00. The molecule has 0 spiro atoms. The summed E-state index contributed by atoms with van der Waals surface area (Å²) in [6.07, 6.45) is 3.56. The van der Waals surface area contributed by atoms with Crippen LogP contribution in [-0.4, -0.2) is 41.9 Å². The lowest BCUT2D eigenvalue weighted by Gasteiger charge is -2.28. The van der Waals surface area contributed by atoms with Gasteiger partial charge in [-0.05, 0) is 18.8 Å². The number of ether oxygens (including phenoxy) is 1. The predicted molar refractivity (Wildman–Crippen MR) is 69.8 cm³/mol. The first-order chi connectivity index (χ1) is 8.72. The second kappa shape index (κ2) is 6.31. The summed E-state index contributed by atoms with van der Waals surface area (Å²) in [4.78, 5) is 10.1.